The second kappa shape index (κ2) is 5.41. The van der Waals surface area contributed by atoms with Crippen molar-refractivity contribution in [2.75, 3.05) is 0 Å². The first-order valence-electron chi connectivity index (χ1n) is 7.08. The lowest BCUT2D eigenvalue weighted by Crippen LogP contribution is -2.17. The van der Waals surface area contributed by atoms with Gasteiger partial charge in [-0.2, -0.15) is 0 Å². The third-order valence-electron chi connectivity index (χ3n) is 4.44. The van der Waals surface area contributed by atoms with Crippen LogP contribution in [0.25, 0.3) is 11.0 Å². The molecule has 1 heterocycles. The van der Waals surface area contributed by atoms with E-state index in [9.17, 15) is 0 Å². The molecule has 1 fully saturated rings. The van der Waals surface area contributed by atoms with E-state index in [0.717, 1.165) is 20.7 Å². The summed E-state index contributed by atoms with van der Waals surface area (Å²) >= 11 is 9.04. The fourth-order valence-electron chi connectivity index (χ4n) is 3.28. The molecule has 1 aromatic heterocycles. The van der Waals surface area contributed by atoms with Crippen LogP contribution < -0.4 is 0 Å². The van der Waals surface area contributed by atoms with Crippen molar-refractivity contribution in [2.24, 2.45) is 5.92 Å². The van der Waals surface area contributed by atoms with E-state index in [4.69, 9.17) is 12.2 Å². The Morgan fingerprint density at radius 2 is 2.05 bits per heavy atom. The second-order valence-electron chi connectivity index (χ2n) is 5.54. The Labute approximate surface area is 127 Å². The van der Waals surface area contributed by atoms with Gasteiger partial charge in [-0.3, -0.25) is 0 Å². The molecule has 1 N–H and O–H groups in total. The lowest BCUT2D eigenvalue weighted by Gasteiger charge is -2.29. The largest absolute Gasteiger partial charge is 0.331 e. The summed E-state index contributed by atoms with van der Waals surface area (Å²) in [6.07, 6.45) is 6.52. The van der Waals surface area contributed by atoms with Crippen LogP contribution in [-0.2, 0) is 0 Å². The zero-order valence-corrected chi connectivity index (χ0v) is 13.6. The van der Waals surface area contributed by atoms with E-state index in [2.05, 4.69) is 50.6 Å². The van der Waals surface area contributed by atoms with Gasteiger partial charge in [0.2, 0.25) is 0 Å². The fourth-order valence-corrected chi connectivity index (χ4v) is 4.00. The standard InChI is InChI=1S/C15H19BrN2S/c1-2-10-3-6-12(7-4-10)18-14-8-5-11(16)9-13(14)17-15(18)19/h5,8-10,12H,2-4,6-7H2,1H3,(H,17,19). The fraction of sp³-hybridized carbons (Fsp3) is 0.533. The molecule has 2 nitrogen and oxygen atoms in total. The Kier molecular flexibility index (Phi) is 3.81. The van der Waals surface area contributed by atoms with Crippen molar-refractivity contribution in [1.82, 2.24) is 9.55 Å². The third-order valence-corrected chi connectivity index (χ3v) is 5.23. The SMILES string of the molecule is CCC1CCC(n2c(=S)[nH]c3cc(Br)ccc32)CC1. The normalized spacial score (nSPS) is 23.9. The number of hydrogen-bond donors (Lipinski definition) is 1. The maximum absolute atomic E-state index is 5.53. The molecule has 2 aromatic rings. The van der Waals surface area contributed by atoms with Gasteiger partial charge in [0, 0.05) is 10.5 Å². The molecule has 0 radical (unpaired) electrons. The summed E-state index contributed by atoms with van der Waals surface area (Å²) in [6.45, 7) is 2.31. The van der Waals surface area contributed by atoms with Crippen LogP contribution in [0.2, 0.25) is 0 Å². The summed E-state index contributed by atoms with van der Waals surface area (Å²) in [5, 5.41) is 0. The van der Waals surface area contributed by atoms with Crippen LogP contribution >= 0.6 is 28.1 Å². The zero-order valence-electron chi connectivity index (χ0n) is 11.2. The first-order chi connectivity index (χ1) is 9.19. The van der Waals surface area contributed by atoms with E-state index in [-0.39, 0.29) is 0 Å². The van der Waals surface area contributed by atoms with Crippen LogP contribution in [0, 0.1) is 10.7 Å². The number of halogens is 1. The Balaban J connectivity index is 1.97. The molecule has 0 atom stereocenters. The number of nitrogens with one attached hydrogen (secondary N) is 1. The van der Waals surface area contributed by atoms with Crippen LogP contribution in [0.4, 0.5) is 0 Å². The second-order valence-corrected chi connectivity index (χ2v) is 6.85. The monoisotopic (exact) mass is 338 g/mol. The van der Waals surface area contributed by atoms with Crippen LogP contribution in [-0.4, -0.2) is 9.55 Å². The van der Waals surface area contributed by atoms with Crippen molar-refractivity contribution in [3.63, 3.8) is 0 Å². The minimum absolute atomic E-state index is 0.574. The van der Waals surface area contributed by atoms with E-state index in [1.54, 1.807) is 0 Å². The molecule has 19 heavy (non-hydrogen) atoms. The van der Waals surface area contributed by atoms with Crippen LogP contribution in [0.15, 0.2) is 22.7 Å². The van der Waals surface area contributed by atoms with Crippen molar-refractivity contribution >= 4 is 39.2 Å². The third kappa shape index (κ3) is 2.52. The molecule has 1 aliphatic rings. The Bertz CT molecular complexity index is 635. The lowest BCUT2D eigenvalue weighted by atomic mass is 9.84. The molecule has 1 aliphatic carbocycles. The van der Waals surface area contributed by atoms with Gasteiger partial charge >= 0.3 is 0 Å². The maximum Gasteiger partial charge on any atom is 0.178 e. The topological polar surface area (TPSA) is 20.7 Å². The predicted octanol–water partition coefficient (Wildman–Crippen LogP) is 5.60. The van der Waals surface area contributed by atoms with E-state index >= 15 is 0 Å². The summed E-state index contributed by atoms with van der Waals surface area (Å²) < 4.78 is 4.30. The average molecular weight is 339 g/mol. The number of fused-ring (bicyclic) bond motifs is 1. The van der Waals surface area contributed by atoms with Gasteiger partial charge in [-0.1, -0.05) is 29.3 Å². The molecular weight excluding hydrogens is 320 g/mol. The average Bonchev–Trinajstić information content (AvgIpc) is 2.74. The van der Waals surface area contributed by atoms with Crippen molar-refractivity contribution in [3.8, 4) is 0 Å². The van der Waals surface area contributed by atoms with Gasteiger partial charge < -0.3 is 9.55 Å². The molecule has 3 rings (SSSR count). The highest BCUT2D eigenvalue weighted by molar-refractivity contribution is 9.10. The Morgan fingerprint density at radius 3 is 2.74 bits per heavy atom. The van der Waals surface area contributed by atoms with Gasteiger partial charge in [0.15, 0.2) is 4.77 Å². The van der Waals surface area contributed by atoms with Crippen molar-refractivity contribution in [1.29, 1.82) is 0 Å². The lowest BCUT2D eigenvalue weighted by molar-refractivity contribution is 0.272. The van der Waals surface area contributed by atoms with Crippen LogP contribution in [0.1, 0.15) is 45.1 Å². The highest BCUT2D eigenvalue weighted by Crippen LogP contribution is 2.35. The molecule has 102 valence electrons. The highest BCUT2D eigenvalue weighted by Gasteiger charge is 2.23. The van der Waals surface area contributed by atoms with E-state index in [1.165, 1.54) is 37.6 Å². The Hall–Kier alpha value is -0.610. The molecule has 0 saturated heterocycles. The van der Waals surface area contributed by atoms with Gasteiger partial charge in [0.25, 0.3) is 0 Å². The van der Waals surface area contributed by atoms with Gasteiger partial charge in [-0.15, -0.1) is 0 Å². The maximum atomic E-state index is 5.53. The molecule has 1 aromatic carbocycles. The summed E-state index contributed by atoms with van der Waals surface area (Å²) in [6, 6.07) is 6.95. The first kappa shape index (κ1) is 13.4. The molecular formula is C15H19BrN2S. The number of H-pyrrole nitrogens is 1. The van der Waals surface area contributed by atoms with E-state index < -0.39 is 0 Å². The van der Waals surface area contributed by atoms with Crippen molar-refractivity contribution in [2.45, 2.75) is 45.1 Å². The number of aromatic amines is 1. The first-order valence-corrected chi connectivity index (χ1v) is 8.29. The summed E-state index contributed by atoms with van der Waals surface area (Å²) in [5.41, 5.74) is 2.38. The van der Waals surface area contributed by atoms with E-state index in [1.807, 2.05) is 0 Å². The summed E-state index contributed by atoms with van der Waals surface area (Å²) in [5.74, 6) is 0.921. The summed E-state index contributed by atoms with van der Waals surface area (Å²) in [4.78, 5) is 3.34. The summed E-state index contributed by atoms with van der Waals surface area (Å²) in [7, 11) is 0. The number of hydrogen-bond acceptors (Lipinski definition) is 1. The minimum atomic E-state index is 0.574. The van der Waals surface area contributed by atoms with Gasteiger partial charge in [-0.05, 0) is 62.0 Å². The van der Waals surface area contributed by atoms with Gasteiger partial charge in [-0.25, -0.2) is 0 Å². The quantitative estimate of drug-likeness (QED) is 0.706. The number of rotatable bonds is 2. The van der Waals surface area contributed by atoms with Crippen LogP contribution in [0.5, 0.6) is 0 Å². The molecule has 1 saturated carbocycles. The molecule has 0 aliphatic heterocycles. The number of benzene rings is 1. The Morgan fingerprint density at radius 1 is 1.32 bits per heavy atom. The molecule has 0 bridgehead atoms. The van der Waals surface area contributed by atoms with Crippen molar-refractivity contribution in [3.05, 3.63) is 27.4 Å². The molecule has 0 unspecified atom stereocenters. The zero-order chi connectivity index (χ0) is 13.4. The van der Waals surface area contributed by atoms with Crippen LogP contribution in [0.3, 0.4) is 0 Å². The van der Waals surface area contributed by atoms with Gasteiger partial charge in [0.05, 0.1) is 11.0 Å². The minimum Gasteiger partial charge on any atom is -0.331 e. The number of aromatic nitrogens is 2. The molecule has 0 spiro atoms. The predicted molar refractivity (Wildman–Crippen MR) is 86.1 cm³/mol. The van der Waals surface area contributed by atoms with E-state index in [0.29, 0.717) is 6.04 Å². The number of imidazole rings is 1. The molecule has 0 amide bonds. The van der Waals surface area contributed by atoms with Gasteiger partial charge in [0.1, 0.15) is 0 Å². The van der Waals surface area contributed by atoms with Crippen molar-refractivity contribution < 1.29 is 0 Å². The molecule has 4 heteroatoms. The smallest absolute Gasteiger partial charge is 0.178 e. The highest BCUT2D eigenvalue weighted by atomic mass is 79.9. The number of nitrogens with zero attached hydrogens (tertiary/aromatic N) is 1.